The van der Waals surface area contributed by atoms with Gasteiger partial charge in [0.1, 0.15) is 22.0 Å². The Labute approximate surface area is 195 Å². The van der Waals surface area contributed by atoms with Crippen LogP contribution in [0.3, 0.4) is 0 Å². The molecule has 0 unspecified atom stereocenters. The van der Waals surface area contributed by atoms with Crippen molar-refractivity contribution >= 4 is 33.2 Å². The molecule has 0 radical (unpaired) electrons. The lowest BCUT2D eigenvalue weighted by Crippen LogP contribution is -2.42. The number of amides is 1. The predicted molar refractivity (Wildman–Crippen MR) is 115 cm³/mol. The number of hydrogen-bond donors (Lipinski definition) is 2. The van der Waals surface area contributed by atoms with Crippen molar-refractivity contribution in [2.45, 2.75) is 30.1 Å². The van der Waals surface area contributed by atoms with Gasteiger partial charge in [-0.05, 0) is 12.8 Å². The molecule has 4 heterocycles. The number of aryl methyl sites for hydroxylation is 1. The number of hydrogen-bond acceptors (Lipinski definition) is 9. The van der Waals surface area contributed by atoms with Crippen LogP contribution in [0.2, 0.25) is 0 Å². The summed E-state index contributed by atoms with van der Waals surface area (Å²) in [6.07, 6.45) is -0.507. The van der Waals surface area contributed by atoms with E-state index in [0.717, 1.165) is 11.3 Å². The van der Waals surface area contributed by atoms with Crippen molar-refractivity contribution in [2.75, 3.05) is 18.4 Å². The molecule has 0 saturated carbocycles. The van der Waals surface area contributed by atoms with E-state index in [-0.39, 0.29) is 40.8 Å². The molecule has 0 atom stereocenters. The standard InChI is InChI=1S/C18H19F3N8O3S2/c1-28-7-13(24-9-28)34(31,32)29-4-2-10(3-5-29)25-17-23-6-11(18(19,20)21)14(27-17)16-26-12(8-33-16)15(22)30/h6-10H,2-5H2,1H3,(H2,22,30)(H,23,25,27). The molecular weight excluding hydrogens is 497 g/mol. The van der Waals surface area contributed by atoms with Gasteiger partial charge in [0.15, 0.2) is 5.03 Å². The van der Waals surface area contributed by atoms with E-state index in [0.29, 0.717) is 19.0 Å². The molecule has 0 spiro atoms. The first kappa shape index (κ1) is 24.0. The van der Waals surface area contributed by atoms with Crippen LogP contribution < -0.4 is 11.1 Å². The quantitative estimate of drug-likeness (QED) is 0.503. The number of nitrogens with one attached hydrogen (secondary N) is 1. The number of alkyl halides is 3. The average Bonchev–Trinajstić information content (AvgIpc) is 3.43. The van der Waals surface area contributed by atoms with Gasteiger partial charge in [0.2, 0.25) is 5.95 Å². The number of thiazole rings is 1. The van der Waals surface area contributed by atoms with Gasteiger partial charge in [-0.2, -0.15) is 17.5 Å². The second-order valence-electron chi connectivity index (χ2n) is 7.56. The summed E-state index contributed by atoms with van der Waals surface area (Å²) in [6, 6.07) is -0.266. The van der Waals surface area contributed by atoms with E-state index in [1.54, 1.807) is 7.05 Å². The number of piperidine rings is 1. The van der Waals surface area contributed by atoms with Crippen LogP contribution in [-0.4, -0.2) is 62.3 Å². The second kappa shape index (κ2) is 8.92. The van der Waals surface area contributed by atoms with E-state index in [9.17, 15) is 26.4 Å². The van der Waals surface area contributed by atoms with Gasteiger partial charge in [0.05, 0.1) is 6.33 Å². The Balaban J connectivity index is 1.51. The molecule has 4 rings (SSSR count). The van der Waals surface area contributed by atoms with Crippen LogP contribution in [0, 0.1) is 0 Å². The molecule has 3 aromatic heterocycles. The first-order valence-electron chi connectivity index (χ1n) is 9.89. The third-order valence-corrected chi connectivity index (χ3v) is 7.76. The van der Waals surface area contributed by atoms with E-state index in [1.165, 1.54) is 26.8 Å². The Morgan fingerprint density at radius 2 is 1.94 bits per heavy atom. The SMILES string of the molecule is Cn1cnc(S(=O)(=O)N2CCC(Nc3ncc(C(F)(F)F)c(-c4nc(C(N)=O)cs4)n3)CC2)c1. The highest BCUT2D eigenvalue weighted by atomic mass is 32.2. The summed E-state index contributed by atoms with van der Waals surface area (Å²) in [6.45, 7) is 0.386. The zero-order valence-corrected chi connectivity index (χ0v) is 19.3. The van der Waals surface area contributed by atoms with Gasteiger partial charge in [0, 0.05) is 44.0 Å². The van der Waals surface area contributed by atoms with Crippen molar-refractivity contribution < 1.29 is 26.4 Å². The molecule has 1 aliphatic rings. The van der Waals surface area contributed by atoms with Crippen LogP contribution in [0.4, 0.5) is 19.1 Å². The zero-order chi connectivity index (χ0) is 24.7. The number of carbonyl (C=O) groups excluding carboxylic acids is 1. The smallest absolute Gasteiger partial charge is 0.364 e. The average molecular weight is 517 g/mol. The maximum atomic E-state index is 13.5. The van der Waals surface area contributed by atoms with Crippen molar-refractivity contribution in [1.29, 1.82) is 0 Å². The van der Waals surface area contributed by atoms with E-state index >= 15 is 0 Å². The minimum Gasteiger partial charge on any atom is -0.364 e. The summed E-state index contributed by atoms with van der Waals surface area (Å²) >= 11 is 0.808. The highest BCUT2D eigenvalue weighted by Gasteiger charge is 2.37. The number of halogens is 3. The number of carbonyl (C=O) groups is 1. The van der Waals surface area contributed by atoms with Gasteiger partial charge in [-0.15, -0.1) is 11.3 Å². The van der Waals surface area contributed by atoms with Gasteiger partial charge in [-0.25, -0.2) is 28.4 Å². The van der Waals surface area contributed by atoms with Gasteiger partial charge < -0.3 is 15.6 Å². The molecule has 1 aliphatic heterocycles. The number of sulfonamides is 1. The Morgan fingerprint density at radius 1 is 1.24 bits per heavy atom. The molecule has 1 saturated heterocycles. The largest absolute Gasteiger partial charge is 0.420 e. The molecule has 1 amide bonds. The molecule has 11 nitrogen and oxygen atoms in total. The van der Waals surface area contributed by atoms with E-state index in [1.807, 2.05) is 0 Å². The van der Waals surface area contributed by atoms with Crippen molar-refractivity contribution in [1.82, 2.24) is 28.8 Å². The van der Waals surface area contributed by atoms with Crippen molar-refractivity contribution in [3.63, 3.8) is 0 Å². The second-order valence-corrected chi connectivity index (χ2v) is 10.3. The number of rotatable bonds is 6. The van der Waals surface area contributed by atoms with Crippen LogP contribution >= 0.6 is 11.3 Å². The highest BCUT2D eigenvalue weighted by Crippen LogP contribution is 2.37. The molecule has 0 aromatic carbocycles. The van der Waals surface area contributed by atoms with Crippen LogP contribution in [0.25, 0.3) is 10.7 Å². The number of nitrogens with zero attached hydrogens (tertiary/aromatic N) is 6. The lowest BCUT2D eigenvalue weighted by Gasteiger charge is -2.31. The monoisotopic (exact) mass is 516 g/mol. The van der Waals surface area contributed by atoms with Crippen LogP contribution in [0.1, 0.15) is 28.9 Å². The van der Waals surface area contributed by atoms with Crippen molar-refractivity contribution in [2.24, 2.45) is 12.8 Å². The fraction of sp³-hybridized carbons (Fsp3) is 0.389. The minimum atomic E-state index is -4.74. The van der Waals surface area contributed by atoms with Crippen molar-refractivity contribution in [3.05, 3.63) is 35.4 Å². The Bertz CT molecular complexity index is 1310. The number of aromatic nitrogens is 5. The van der Waals surface area contributed by atoms with Gasteiger partial charge in [-0.3, -0.25) is 4.79 Å². The number of anilines is 1. The Kier molecular flexibility index (Phi) is 6.30. The molecule has 1 fully saturated rings. The first-order valence-corrected chi connectivity index (χ1v) is 12.2. The molecular formula is C18H19F3N8O3S2. The Morgan fingerprint density at radius 3 is 2.50 bits per heavy atom. The minimum absolute atomic E-state index is 0.0455. The molecule has 3 N–H and O–H groups in total. The summed E-state index contributed by atoms with van der Waals surface area (Å²) in [5.41, 5.74) is 3.41. The van der Waals surface area contributed by atoms with E-state index < -0.39 is 33.4 Å². The van der Waals surface area contributed by atoms with Crippen LogP contribution in [0.5, 0.6) is 0 Å². The van der Waals surface area contributed by atoms with Crippen molar-refractivity contribution in [3.8, 4) is 10.7 Å². The Hall–Kier alpha value is -3.11. The third kappa shape index (κ3) is 4.88. The molecule has 0 bridgehead atoms. The van der Waals surface area contributed by atoms with Gasteiger partial charge >= 0.3 is 6.18 Å². The molecule has 0 aliphatic carbocycles. The normalized spacial score (nSPS) is 16.0. The fourth-order valence-electron chi connectivity index (χ4n) is 3.39. The number of primary amides is 1. The molecule has 34 heavy (non-hydrogen) atoms. The number of nitrogens with two attached hydrogens (primary N) is 1. The molecule has 3 aromatic rings. The van der Waals surface area contributed by atoms with Crippen LogP contribution in [0.15, 0.2) is 29.1 Å². The van der Waals surface area contributed by atoms with E-state index in [2.05, 4.69) is 25.3 Å². The fourth-order valence-corrected chi connectivity index (χ4v) is 5.64. The zero-order valence-electron chi connectivity index (χ0n) is 17.7. The van der Waals surface area contributed by atoms with Crippen LogP contribution in [-0.2, 0) is 23.2 Å². The lowest BCUT2D eigenvalue weighted by molar-refractivity contribution is -0.137. The summed E-state index contributed by atoms with van der Waals surface area (Å²) in [5, 5.41) is 4.06. The first-order chi connectivity index (χ1) is 15.9. The predicted octanol–water partition coefficient (Wildman–Crippen LogP) is 1.72. The van der Waals surface area contributed by atoms with Gasteiger partial charge in [0.25, 0.3) is 15.9 Å². The molecule has 16 heteroatoms. The highest BCUT2D eigenvalue weighted by molar-refractivity contribution is 7.89. The molecule has 182 valence electrons. The van der Waals surface area contributed by atoms with Gasteiger partial charge in [-0.1, -0.05) is 0 Å². The summed E-state index contributed by atoms with van der Waals surface area (Å²) in [4.78, 5) is 26.8. The summed E-state index contributed by atoms with van der Waals surface area (Å²) in [5.74, 6) is -0.930. The summed E-state index contributed by atoms with van der Waals surface area (Å²) < 4.78 is 68.8. The maximum absolute atomic E-state index is 13.5. The third-order valence-electron chi connectivity index (χ3n) is 5.13. The maximum Gasteiger partial charge on any atom is 0.420 e. The lowest BCUT2D eigenvalue weighted by atomic mass is 10.1. The van der Waals surface area contributed by atoms with E-state index in [4.69, 9.17) is 5.73 Å². The summed E-state index contributed by atoms with van der Waals surface area (Å²) in [7, 11) is -2.07. The number of imidazole rings is 1. The topological polar surface area (TPSA) is 149 Å².